The van der Waals surface area contributed by atoms with Gasteiger partial charge in [-0.2, -0.15) is 0 Å². The Morgan fingerprint density at radius 3 is 1.26 bits per heavy atom. The van der Waals surface area contributed by atoms with Crippen LogP contribution in [0.15, 0.2) is 206 Å². The van der Waals surface area contributed by atoms with Gasteiger partial charge in [0, 0.05) is 0 Å². The van der Waals surface area contributed by atoms with Crippen molar-refractivity contribution in [3.05, 3.63) is 206 Å². The maximum absolute atomic E-state index is 2.44. The number of hydrogen-bond acceptors (Lipinski definition) is 0. The molecule has 11 aromatic rings. The van der Waals surface area contributed by atoms with E-state index in [1.807, 2.05) is 0 Å². The Labute approximate surface area is 314 Å². The van der Waals surface area contributed by atoms with Crippen LogP contribution >= 0.6 is 0 Å². The van der Waals surface area contributed by atoms with E-state index in [0.717, 1.165) is 0 Å². The largest absolute Gasteiger partial charge is 0.0616 e. The van der Waals surface area contributed by atoms with Gasteiger partial charge in [-0.05, 0) is 121 Å². The normalized spacial score (nSPS) is 11.7. The molecule has 0 saturated heterocycles. The first-order chi connectivity index (χ1) is 26.8. The minimum absolute atomic E-state index is 1.21. The maximum atomic E-state index is 2.44. The molecule has 0 radical (unpaired) electrons. The van der Waals surface area contributed by atoms with Gasteiger partial charge in [0.2, 0.25) is 0 Å². The molecule has 250 valence electrons. The predicted molar refractivity (Wildman–Crippen MR) is 233 cm³/mol. The van der Waals surface area contributed by atoms with E-state index in [1.54, 1.807) is 0 Å². The lowest BCUT2D eigenvalue weighted by Crippen LogP contribution is -1.92. The summed E-state index contributed by atoms with van der Waals surface area (Å²) in [6, 6.07) is 76.2. The monoisotopic (exact) mass is 682 g/mol. The van der Waals surface area contributed by atoms with E-state index in [-0.39, 0.29) is 0 Å². The fraction of sp³-hybridized carbons (Fsp3) is 0. The van der Waals surface area contributed by atoms with Crippen LogP contribution in [-0.4, -0.2) is 0 Å². The first-order valence-corrected chi connectivity index (χ1v) is 18.8. The Kier molecular flexibility index (Phi) is 6.97. The van der Waals surface area contributed by atoms with Crippen molar-refractivity contribution in [3.8, 4) is 44.5 Å². The Balaban J connectivity index is 1.18. The highest BCUT2D eigenvalue weighted by atomic mass is 14.2. The summed E-state index contributed by atoms with van der Waals surface area (Å²) in [6.45, 7) is 0. The van der Waals surface area contributed by atoms with Crippen LogP contribution < -0.4 is 0 Å². The van der Waals surface area contributed by atoms with Gasteiger partial charge in [-0.1, -0.05) is 194 Å². The molecular formula is C54H34. The molecule has 0 nitrogen and oxygen atoms in total. The molecule has 0 unspecified atom stereocenters. The highest BCUT2D eigenvalue weighted by molar-refractivity contribution is 6.23. The molecule has 0 atom stereocenters. The van der Waals surface area contributed by atoms with E-state index in [9.17, 15) is 0 Å². The molecule has 0 aliphatic rings. The summed E-state index contributed by atoms with van der Waals surface area (Å²) < 4.78 is 0. The van der Waals surface area contributed by atoms with Crippen LogP contribution in [0, 0.1) is 0 Å². The number of fused-ring (bicyclic) bond motifs is 7. The highest BCUT2D eigenvalue weighted by Gasteiger charge is 2.19. The smallest absolute Gasteiger partial charge is 0.00261 e. The van der Waals surface area contributed by atoms with E-state index in [1.165, 1.54) is 109 Å². The van der Waals surface area contributed by atoms with Gasteiger partial charge < -0.3 is 0 Å². The highest BCUT2D eigenvalue weighted by Crippen LogP contribution is 2.46. The van der Waals surface area contributed by atoms with Crippen molar-refractivity contribution in [2.75, 3.05) is 0 Å². The van der Waals surface area contributed by atoms with Crippen LogP contribution in [0.2, 0.25) is 0 Å². The lowest BCUT2D eigenvalue weighted by Gasteiger charge is -2.20. The quantitative estimate of drug-likeness (QED) is 0.128. The van der Waals surface area contributed by atoms with Gasteiger partial charge in [0.05, 0.1) is 0 Å². The Morgan fingerprint density at radius 1 is 0.185 bits per heavy atom. The molecule has 0 spiro atoms. The van der Waals surface area contributed by atoms with E-state index in [2.05, 4.69) is 206 Å². The molecule has 0 fully saturated rings. The van der Waals surface area contributed by atoms with Gasteiger partial charge in [0.1, 0.15) is 0 Å². The lowest BCUT2D eigenvalue weighted by atomic mass is 9.84. The molecule has 0 aromatic heterocycles. The van der Waals surface area contributed by atoms with Crippen LogP contribution in [0.4, 0.5) is 0 Å². The molecular weight excluding hydrogens is 649 g/mol. The van der Waals surface area contributed by atoms with Crippen LogP contribution in [0.5, 0.6) is 0 Å². The molecule has 0 heteroatoms. The summed E-state index contributed by atoms with van der Waals surface area (Å²) in [7, 11) is 0. The molecule has 0 amide bonds. The predicted octanol–water partition coefficient (Wildman–Crippen LogP) is 15.3. The number of benzene rings is 11. The van der Waals surface area contributed by atoms with Crippen molar-refractivity contribution >= 4 is 64.6 Å². The van der Waals surface area contributed by atoms with Crippen LogP contribution in [0.1, 0.15) is 0 Å². The molecule has 11 aromatic carbocycles. The summed E-state index contributed by atoms with van der Waals surface area (Å²) in [5.74, 6) is 0. The van der Waals surface area contributed by atoms with Crippen molar-refractivity contribution in [2.45, 2.75) is 0 Å². The summed E-state index contributed by atoms with van der Waals surface area (Å²) >= 11 is 0. The van der Waals surface area contributed by atoms with Gasteiger partial charge in [0.15, 0.2) is 0 Å². The Bertz CT molecular complexity index is 3250. The summed E-state index contributed by atoms with van der Waals surface area (Å²) in [6.07, 6.45) is 0. The van der Waals surface area contributed by atoms with Gasteiger partial charge in [-0.25, -0.2) is 0 Å². The second-order valence-corrected chi connectivity index (χ2v) is 14.4. The molecule has 0 heterocycles. The average molecular weight is 683 g/mol. The molecule has 11 rings (SSSR count). The topological polar surface area (TPSA) is 0 Å². The van der Waals surface area contributed by atoms with Gasteiger partial charge >= 0.3 is 0 Å². The lowest BCUT2D eigenvalue weighted by molar-refractivity contribution is 1.63. The van der Waals surface area contributed by atoms with Crippen molar-refractivity contribution in [2.24, 2.45) is 0 Å². The summed E-state index contributed by atoms with van der Waals surface area (Å²) in [5.41, 5.74) is 9.94. The second kappa shape index (κ2) is 12.3. The SMILES string of the molecule is c1ccc2c(-c3ccc(-c4c5ccccc5c(-c5ccc6c(ccc7ccccc76)c5)c5ccc(-c6cccc7ccccc67)cc45)cc3)cccc2c1. The summed E-state index contributed by atoms with van der Waals surface area (Å²) in [4.78, 5) is 0. The fourth-order valence-corrected chi connectivity index (χ4v) is 8.91. The van der Waals surface area contributed by atoms with Crippen LogP contribution in [0.25, 0.3) is 109 Å². The summed E-state index contributed by atoms with van der Waals surface area (Å²) in [5, 5.41) is 15.2. The zero-order chi connectivity index (χ0) is 35.6. The Morgan fingerprint density at radius 2 is 0.593 bits per heavy atom. The zero-order valence-corrected chi connectivity index (χ0v) is 29.6. The molecule has 0 N–H and O–H groups in total. The molecule has 0 saturated carbocycles. The van der Waals surface area contributed by atoms with Crippen LogP contribution in [-0.2, 0) is 0 Å². The molecule has 54 heavy (non-hydrogen) atoms. The minimum atomic E-state index is 1.21. The van der Waals surface area contributed by atoms with Crippen molar-refractivity contribution in [1.29, 1.82) is 0 Å². The third-order valence-electron chi connectivity index (χ3n) is 11.4. The number of rotatable bonds is 4. The molecule has 0 aliphatic heterocycles. The first-order valence-electron chi connectivity index (χ1n) is 18.8. The third-order valence-corrected chi connectivity index (χ3v) is 11.4. The fourth-order valence-electron chi connectivity index (χ4n) is 8.91. The van der Waals surface area contributed by atoms with Crippen molar-refractivity contribution < 1.29 is 0 Å². The van der Waals surface area contributed by atoms with Gasteiger partial charge in [-0.3, -0.25) is 0 Å². The van der Waals surface area contributed by atoms with Gasteiger partial charge in [0.25, 0.3) is 0 Å². The van der Waals surface area contributed by atoms with E-state index < -0.39 is 0 Å². The minimum Gasteiger partial charge on any atom is -0.0616 e. The first kappa shape index (κ1) is 30.6. The Hall–Kier alpha value is -7.02. The zero-order valence-electron chi connectivity index (χ0n) is 29.6. The van der Waals surface area contributed by atoms with Crippen molar-refractivity contribution in [1.82, 2.24) is 0 Å². The van der Waals surface area contributed by atoms with E-state index in [4.69, 9.17) is 0 Å². The number of hydrogen-bond donors (Lipinski definition) is 0. The van der Waals surface area contributed by atoms with E-state index in [0.29, 0.717) is 0 Å². The molecule has 0 bridgehead atoms. The third kappa shape index (κ3) is 4.85. The van der Waals surface area contributed by atoms with E-state index >= 15 is 0 Å². The second-order valence-electron chi connectivity index (χ2n) is 14.4. The maximum Gasteiger partial charge on any atom is -0.00261 e. The average Bonchev–Trinajstić information content (AvgIpc) is 3.25. The van der Waals surface area contributed by atoms with Gasteiger partial charge in [-0.15, -0.1) is 0 Å². The standard InChI is InChI=1S/C54H34/c1-4-16-43-35(11-1)14-9-21-46(43)38-23-26-39(27-24-38)53-49-19-7-8-20-50(49)54(42-30-31-48-40(33-42)28-25-37-13-3-6-18-45(37)48)51-32-29-41(34-52(51)53)47-22-10-15-36-12-2-5-17-44(36)47/h1-34H. The van der Waals surface area contributed by atoms with Crippen LogP contribution in [0.3, 0.4) is 0 Å². The molecule has 0 aliphatic carbocycles. The van der Waals surface area contributed by atoms with Crippen molar-refractivity contribution in [3.63, 3.8) is 0 Å².